The number of phosphoric ester groups is 1. The number of hydrogen-bond donors (Lipinski definition) is 3. The molecule has 0 aliphatic carbocycles. The Balaban J connectivity index is 2.15. The lowest BCUT2D eigenvalue weighted by Crippen LogP contribution is -2.29. The van der Waals surface area contributed by atoms with Crippen LogP contribution < -0.4 is 5.56 Å². The number of rotatable bonds is 4. The lowest BCUT2D eigenvalue weighted by Gasteiger charge is -2.21. The Labute approximate surface area is 127 Å². The highest BCUT2D eigenvalue weighted by Crippen LogP contribution is 2.43. The fourth-order valence-electron chi connectivity index (χ4n) is 1.86. The van der Waals surface area contributed by atoms with Crippen LogP contribution in [0.1, 0.15) is 19.1 Å². The first-order valence-electron chi connectivity index (χ1n) is 5.67. The zero-order valence-corrected chi connectivity index (χ0v) is 12.8. The molecule has 1 saturated heterocycles. The van der Waals surface area contributed by atoms with E-state index in [1.54, 1.807) is 0 Å². The molecule has 1 aliphatic heterocycles. The van der Waals surface area contributed by atoms with Crippen LogP contribution in [0, 0.1) is 4.77 Å². The van der Waals surface area contributed by atoms with Gasteiger partial charge < -0.3 is 14.5 Å². The second-order valence-corrected chi connectivity index (χ2v) is 6.44. The van der Waals surface area contributed by atoms with Crippen molar-refractivity contribution >= 4 is 31.6 Å². The van der Waals surface area contributed by atoms with E-state index in [2.05, 4.69) is 9.51 Å². The number of nitrogens with zero attached hydrogens (tertiary/aromatic N) is 1. The maximum absolute atomic E-state index is 14.2. The summed E-state index contributed by atoms with van der Waals surface area (Å²) in [5, 5.41) is -0.143. The topological polar surface area (TPSA) is 114 Å². The summed E-state index contributed by atoms with van der Waals surface area (Å²) in [5.41, 5.74) is -0.577. The van der Waals surface area contributed by atoms with E-state index in [1.807, 2.05) is 0 Å². The number of aromatic nitrogens is 2. The van der Waals surface area contributed by atoms with Crippen molar-refractivity contribution in [2.75, 3.05) is 6.61 Å². The Morgan fingerprint density at radius 2 is 2.38 bits per heavy atom. The van der Waals surface area contributed by atoms with Crippen molar-refractivity contribution in [3.63, 3.8) is 0 Å². The summed E-state index contributed by atoms with van der Waals surface area (Å²) in [7, 11) is -4.79. The molecule has 0 spiro atoms. The van der Waals surface area contributed by atoms with Crippen LogP contribution in [0.3, 0.4) is 0 Å². The molecule has 1 aromatic rings. The predicted octanol–water partition coefficient (Wildman–Crippen LogP) is 1.64. The van der Waals surface area contributed by atoms with Crippen LogP contribution >= 0.6 is 31.6 Å². The fourth-order valence-corrected chi connectivity index (χ4v) is 2.63. The average Bonchev–Trinajstić information content (AvgIpc) is 2.74. The monoisotopic (exact) mass is 360 g/mol. The van der Waals surface area contributed by atoms with Crippen molar-refractivity contribution in [2.24, 2.45) is 0 Å². The van der Waals surface area contributed by atoms with E-state index in [0.717, 1.165) is 0 Å². The number of hydrogen-bond acceptors (Lipinski definition) is 5. The molecule has 2 heterocycles. The molecule has 0 saturated carbocycles. The van der Waals surface area contributed by atoms with Gasteiger partial charge in [0.1, 0.15) is 17.9 Å². The smallest absolute Gasteiger partial charge is 0.320 e. The Morgan fingerprint density at radius 1 is 1.71 bits per heavy atom. The molecule has 118 valence electrons. The average molecular weight is 361 g/mol. The third kappa shape index (κ3) is 4.19. The van der Waals surface area contributed by atoms with Crippen molar-refractivity contribution in [1.82, 2.24) is 9.55 Å². The quantitative estimate of drug-likeness (QED) is 0.552. The minimum atomic E-state index is -4.79. The Hall–Kier alpha value is -0.610. The predicted molar refractivity (Wildman–Crippen MR) is 72.1 cm³/mol. The van der Waals surface area contributed by atoms with Gasteiger partial charge in [0, 0.05) is 12.6 Å². The minimum absolute atomic E-state index is 0.00504. The number of halogens is 2. The number of H-pyrrole nitrogens is 1. The summed E-state index contributed by atoms with van der Waals surface area (Å²) in [6, 6.07) is 0. The molecule has 0 aromatic carbocycles. The molecule has 0 unspecified atom stereocenters. The molecule has 0 bridgehead atoms. The van der Waals surface area contributed by atoms with Gasteiger partial charge in [-0.05, 0) is 18.6 Å². The van der Waals surface area contributed by atoms with Crippen molar-refractivity contribution < 1.29 is 28.0 Å². The molecule has 12 heteroatoms. The number of nitrogens with one attached hydrogen (secondary N) is 1. The summed E-state index contributed by atoms with van der Waals surface area (Å²) in [6.45, 7) is -0.918. The van der Waals surface area contributed by atoms with Gasteiger partial charge in [0.05, 0.1) is 0 Å². The van der Waals surface area contributed by atoms with Gasteiger partial charge in [-0.1, -0.05) is 11.6 Å². The highest BCUT2D eigenvalue weighted by molar-refractivity contribution is 7.71. The normalized spacial score (nSPS) is 26.2. The fraction of sp³-hybridized carbons (Fsp3) is 0.556. The number of aromatic amines is 1. The molecular weight excluding hydrogens is 350 g/mol. The van der Waals surface area contributed by atoms with E-state index >= 15 is 0 Å². The Bertz CT molecular complexity index is 704. The van der Waals surface area contributed by atoms with Crippen molar-refractivity contribution in [3.05, 3.63) is 26.3 Å². The van der Waals surface area contributed by atoms with Gasteiger partial charge in [-0.3, -0.25) is 18.9 Å². The van der Waals surface area contributed by atoms with Gasteiger partial charge in [-0.2, -0.15) is 0 Å². The first kappa shape index (κ1) is 16.8. The lowest BCUT2D eigenvalue weighted by atomic mass is 10.2. The highest BCUT2D eigenvalue weighted by atomic mass is 35.5. The molecule has 1 aromatic heterocycles. The van der Waals surface area contributed by atoms with Gasteiger partial charge in [-0.25, -0.2) is 8.96 Å². The Kier molecular flexibility index (Phi) is 4.69. The van der Waals surface area contributed by atoms with Crippen LogP contribution in [0.4, 0.5) is 4.39 Å². The van der Waals surface area contributed by atoms with Crippen LogP contribution in [-0.4, -0.2) is 31.8 Å². The minimum Gasteiger partial charge on any atom is -0.320 e. The van der Waals surface area contributed by atoms with Crippen LogP contribution in [0.25, 0.3) is 0 Å². The number of phosphoric acid groups is 1. The number of ether oxygens (including phenoxy) is 1. The van der Waals surface area contributed by atoms with Crippen LogP contribution in [0.2, 0.25) is 5.02 Å². The van der Waals surface area contributed by atoms with Gasteiger partial charge in [0.15, 0.2) is 4.77 Å². The van der Waals surface area contributed by atoms with Gasteiger partial charge >= 0.3 is 7.82 Å². The molecule has 1 aliphatic rings. The third-order valence-corrected chi connectivity index (χ3v) is 3.84. The number of alkyl halides is 1. The van der Waals surface area contributed by atoms with Crippen molar-refractivity contribution in [1.29, 1.82) is 0 Å². The molecule has 2 rings (SSSR count). The van der Waals surface area contributed by atoms with E-state index < -0.39 is 32.1 Å². The molecule has 2 atom stereocenters. The Morgan fingerprint density at radius 3 is 3.00 bits per heavy atom. The van der Waals surface area contributed by atoms with E-state index in [0.29, 0.717) is 0 Å². The molecule has 0 radical (unpaired) electrons. The van der Waals surface area contributed by atoms with Crippen molar-refractivity contribution in [2.45, 2.75) is 24.9 Å². The molecule has 0 amide bonds. The standard InChI is InChI=1S/C9H11ClFN2O6PS/c10-5-3-13(8(21)12-7(5)14)6-1-2-9(11,19-6)4-18-20(15,16)17/h3,6H,1-2,4H2,(H,12,14,21)(H2,15,16,17)/t6-,9+/m1/s1. The summed E-state index contributed by atoms with van der Waals surface area (Å²) < 4.78 is 35.3. The van der Waals surface area contributed by atoms with Gasteiger partial charge in [0.25, 0.3) is 5.56 Å². The van der Waals surface area contributed by atoms with Crippen LogP contribution in [0.15, 0.2) is 11.0 Å². The summed E-state index contributed by atoms with van der Waals surface area (Å²) in [4.78, 5) is 30.7. The maximum atomic E-state index is 14.2. The van der Waals surface area contributed by atoms with Crippen LogP contribution in [-0.2, 0) is 13.8 Å². The SMILES string of the molecule is O=c1[nH]c(=S)n([C@H]2CC[C@@](F)(COP(=O)(O)O)O2)cc1Cl. The molecule has 21 heavy (non-hydrogen) atoms. The van der Waals surface area contributed by atoms with E-state index in [4.69, 9.17) is 38.3 Å². The summed E-state index contributed by atoms with van der Waals surface area (Å²) >= 11 is 10.6. The zero-order chi connectivity index (χ0) is 15.8. The third-order valence-electron chi connectivity index (χ3n) is 2.79. The molecule has 3 N–H and O–H groups in total. The second kappa shape index (κ2) is 5.88. The summed E-state index contributed by atoms with van der Waals surface area (Å²) in [6.07, 6.45) is 0.355. The molecule has 1 fully saturated rings. The van der Waals surface area contributed by atoms with E-state index in [1.165, 1.54) is 10.8 Å². The first-order chi connectivity index (χ1) is 9.60. The highest BCUT2D eigenvalue weighted by Gasteiger charge is 2.43. The molecule has 8 nitrogen and oxygen atoms in total. The van der Waals surface area contributed by atoms with Gasteiger partial charge in [0.2, 0.25) is 5.85 Å². The largest absolute Gasteiger partial charge is 0.469 e. The molecular formula is C9H11ClFN2O6PS. The maximum Gasteiger partial charge on any atom is 0.469 e. The first-order valence-corrected chi connectivity index (χ1v) is 7.99. The van der Waals surface area contributed by atoms with Crippen molar-refractivity contribution in [3.8, 4) is 0 Å². The van der Waals surface area contributed by atoms with Crippen LogP contribution in [0.5, 0.6) is 0 Å². The van der Waals surface area contributed by atoms with E-state index in [-0.39, 0.29) is 22.6 Å². The van der Waals surface area contributed by atoms with E-state index in [9.17, 15) is 13.8 Å². The summed E-state index contributed by atoms with van der Waals surface area (Å²) in [5.74, 6) is -2.36. The zero-order valence-electron chi connectivity index (χ0n) is 10.4. The van der Waals surface area contributed by atoms with Gasteiger partial charge in [-0.15, -0.1) is 0 Å². The second-order valence-electron chi connectivity index (χ2n) is 4.40. The lowest BCUT2D eigenvalue weighted by molar-refractivity contribution is -0.174.